The van der Waals surface area contributed by atoms with E-state index in [1.165, 1.54) is 0 Å². The number of ketones is 1. The van der Waals surface area contributed by atoms with E-state index in [4.69, 9.17) is 9.47 Å². The minimum atomic E-state index is -0.347. The third-order valence-corrected chi connectivity index (χ3v) is 5.30. The van der Waals surface area contributed by atoms with E-state index in [1.54, 1.807) is 7.11 Å². The molecule has 3 aliphatic rings. The maximum absolute atomic E-state index is 12.1. The first-order valence-corrected chi connectivity index (χ1v) is 7.08. The molecule has 2 aliphatic carbocycles. The molecule has 4 heteroatoms. The van der Waals surface area contributed by atoms with Crippen molar-refractivity contribution in [1.29, 1.82) is 0 Å². The molecule has 3 fully saturated rings. The molecular weight excluding hydrogens is 256 g/mol. The van der Waals surface area contributed by atoms with Crippen LogP contribution in [0.25, 0.3) is 0 Å². The quantitative estimate of drug-likeness (QED) is 0.417. The predicted octanol–water partition coefficient (Wildman–Crippen LogP) is 1.90. The molecule has 1 saturated heterocycles. The highest BCUT2D eigenvalue weighted by atomic mass is 16.6. The van der Waals surface area contributed by atoms with Crippen molar-refractivity contribution in [3.8, 4) is 0 Å². The highest BCUT2D eigenvalue weighted by Gasteiger charge is 2.57. The fourth-order valence-corrected chi connectivity index (χ4v) is 4.16. The van der Waals surface area contributed by atoms with E-state index in [0.29, 0.717) is 18.4 Å². The average Bonchev–Trinajstić information content (AvgIpc) is 2.82. The van der Waals surface area contributed by atoms with Crippen molar-refractivity contribution in [3.05, 3.63) is 24.3 Å². The van der Waals surface area contributed by atoms with Gasteiger partial charge in [-0.15, -0.1) is 0 Å². The van der Waals surface area contributed by atoms with Gasteiger partial charge in [0.2, 0.25) is 0 Å². The fourth-order valence-electron chi connectivity index (χ4n) is 4.16. The van der Waals surface area contributed by atoms with E-state index < -0.39 is 0 Å². The van der Waals surface area contributed by atoms with Gasteiger partial charge in [0, 0.05) is 30.9 Å². The minimum absolute atomic E-state index is 0.0170. The Bertz CT molecular complexity index is 507. The summed E-state index contributed by atoms with van der Waals surface area (Å²) in [5.41, 5.74) is 1.51. The Labute approximate surface area is 118 Å². The molecule has 0 amide bonds. The van der Waals surface area contributed by atoms with Crippen LogP contribution < -0.4 is 0 Å². The minimum Gasteiger partial charge on any atom is -0.458 e. The maximum atomic E-state index is 12.1. The standard InChI is InChI=1S/C16H20O4/c1-7-5-12(19-4)14-9(3)16(18)20-15(14)13-8(2)11(17)6-10(7)13/h8,10,12-15H,1,3,5-6H2,2,4H3. The monoisotopic (exact) mass is 276 g/mol. The van der Waals surface area contributed by atoms with E-state index in [9.17, 15) is 9.59 Å². The Morgan fingerprint density at radius 1 is 1.25 bits per heavy atom. The van der Waals surface area contributed by atoms with Gasteiger partial charge in [0.05, 0.1) is 12.0 Å². The summed E-state index contributed by atoms with van der Waals surface area (Å²) >= 11 is 0. The van der Waals surface area contributed by atoms with Crippen LogP contribution in [0.2, 0.25) is 0 Å². The molecule has 20 heavy (non-hydrogen) atoms. The van der Waals surface area contributed by atoms with Gasteiger partial charge in [0.25, 0.3) is 0 Å². The van der Waals surface area contributed by atoms with Gasteiger partial charge in [0.15, 0.2) is 0 Å². The highest BCUT2D eigenvalue weighted by molar-refractivity contribution is 5.91. The molecule has 0 aromatic carbocycles. The average molecular weight is 276 g/mol. The first kappa shape index (κ1) is 13.6. The number of esters is 1. The highest BCUT2D eigenvalue weighted by Crippen LogP contribution is 2.51. The summed E-state index contributed by atoms with van der Waals surface area (Å²) in [4.78, 5) is 24.0. The van der Waals surface area contributed by atoms with Crippen LogP contribution in [0, 0.1) is 23.7 Å². The largest absolute Gasteiger partial charge is 0.458 e. The first-order valence-electron chi connectivity index (χ1n) is 7.08. The van der Waals surface area contributed by atoms with Gasteiger partial charge in [-0.2, -0.15) is 0 Å². The molecule has 0 radical (unpaired) electrons. The summed E-state index contributed by atoms with van der Waals surface area (Å²) < 4.78 is 11.1. The second-order valence-corrected chi connectivity index (χ2v) is 6.20. The lowest BCUT2D eigenvalue weighted by molar-refractivity contribution is -0.143. The Balaban J connectivity index is 2.05. The molecule has 108 valence electrons. The first-order chi connectivity index (χ1) is 9.45. The summed E-state index contributed by atoms with van der Waals surface area (Å²) in [7, 11) is 1.64. The van der Waals surface area contributed by atoms with Gasteiger partial charge >= 0.3 is 5.97 Å². The SMILES string of the molecule is C=C1CC(OC)C2C(=C)C(=O)OC2C2C(C)C(=O)CC12. The molecular formula is C16H20O4. The second-order valence-electron chi connectivity index (χ2n) is 6.20. The Morgan fingerprint density at radius 2 is 1.95 bits per heavy atom. The van der Waals surface area contributed by atoms with Crippen LogP contribution in [0.1, 0.15) is 19.8 Å². The van der Waals surface area contributed by atoms with Crippen LogP contribution in [0.15, 0.2) is 24.3 Å². The molecule has 6 unspecified atom stereocenters. The van der Waals surface area contributed by atoms with E-state index in [1.807, 2.05) is 6.92 Å². The van der Waals surface area contributed by atoms with Crippen LogP contribution >= 0.6 is 0 Å². The van der Waals surface area contributed by atoms with Crippen molar-refractivity contribution in [2.24, 2.45) is 23.7 Å². The van der Waals surface area contributed by atoms with Crippen molar-refractivity contribution in [2.45, 2.75) is 32.0 Å². The molecule has 6 atom stereocenters. The van der Waals surface area contributed by atoms with Crippen molar-refractivity contribution in [1.82, 2.24) is 0 Å². The molecule has 0 aromatic rings. The van der Waals surface area contributed by atoms with Gasteiger partial charge in [-0.05, 0) is 12.3 Å². The van der Waals surface area contributed by atoms with Crippen molar-refractivity contribution in [3.63, 3.8) is 0 Å². The topological polar surface area (TPSA) is 52.6 Å². The number of ether oxygens (including phenoxy) is 2. The third kappa shape index (κ3) is 1.71. The second kappa shape index (κ2) is 4.55. The summed E-state index contributed by atoms with van der Waals surface area (Å²) in [6.45, 7) is 9.96. The summed E-state index contributed by atoms with van der Waals surface area (Å²) in [6.07, 6.45) is 0.730. The van der Waals surface area contributed by atoms with E-state index >= 15 is 0 Å². The molecule has 1 aliphatic heterocycles. The van der Waals surface area contributed by atoms with Crippen LogP contribution in [-0.4, -0.2) is 31.1 Å². The molecule has 0 aromatic heterocycles. The molecule has 2 saturated carbocycles. The number of hydrogen-bond donors (Lipinski definition) is 0. The maximum Gasteiger partial charge on any atom is 0.334 e. The van der Waals surface area contributed by atoms with Crippen molar-refractivity contribution < 1.29 is 19.1 Å². The lowest BCUT2D eigenvalue weighted by atomic mass is 9.79. The molecule has 3 rings (SSSR count). The number of carbonyl (C=O) groups excluding carboxylic acids is 2. The molecule has 0 N–H and O–H groups in total. The molecule has 1 heterocycles. The van der Waals surface area contributed by atoms with Gasteiger partial charge in [-0.1, -0.05) is 25.7 Å². The van der Waals surface area contributed by atoms with Gasteiger partial charge < -0.3 is 9.47 Å². The summed E-state index contributed by atoms with van der Waals surface area (Å²) in [5, 5.41) is 0. The van der Waals surface area contributed by atoms with Crippen LogP contribution in [0.5, 0.6) is 0 Å². The third-order valence-electron chi connectivity index (χ3n) is 5.30. The Hall–Kier alpha value is -1.42. The van der Waals surface area contributed by atoms with Crippen LogP contribution in [-0.2, 0) is 19.1 Å². The lowest BCUT2D eigenvalue weighted by Gasteiger charge is -2.28. The lowest BCUT2D eigenvalue weighted by Crippen LogP contribution is -2.36. The van der Waals surface area contributed by atoms with Crippen molar-refractivity contribution >= 4 is 11.8 Å². The molecule has 4 nitrogen and oxygen atoms in total. The normalized spacial score (nSPS) is 44.1. The zero-order valence-electron chi connectivity index (χ0n) is 11.9. The Kier molecular flexibility index (Phi) is 3.09. The summed E-state index contributed by atoms with van der Waals surface area (Å²) in [6, 6.07) is 0. The van der Waals surface area contributed by atoms with Gasteiger partial charge in [0.1, 0.15) is 11.9 Å². The van der Waals surface area contributed by atoms with E-state index in [0.717, 1.165) is 5.57 Å². The fraction of sp³-hybridized carbons (Fsp3) is 0.625. The number of rotatable bonds is 1. The predicted molar refractivity (Wildman–Crippen MR) is 72.8 cm³/mol. The van der Waals surface area contributed by atoms with Gasteiger partial charge in [-0.25, -0.2) is 4.79 Å². The van der Waals surface area contributed by atoms with Crippen LogP contribution in [0.4, 0.5) is 0 Å². The summed E-state index contributed by atoms with van der Waals surface area (Å²) in [5.74, 6) is -0.248. The van der Waals surface area contributed by atoms with E-state index in [-0.39, 0.29) is 47.6 Å². The number of fused-ring (bicyclic) bond motifs is 3. The number of carbonyl (C=O) groups is 2. The van der Waals surface area contributed by atoms with Crippen LogP contribution in [0.3, 0.4) is 0 Å². The zero-order chi connectivity index (χ0) is 14.6. The Morgan fingerprint density at radius 3 is 2.60 bits per heavy atom. The number of Topliss-reactive ketones (excluding diaryl/α,β-unsaturated/α-hetero) is 1. The number of hydrogen-bond acceptors (Lipinski definition) is 4. The zero-order valence-corrected chi connectivity index (χ0v) is 11.9. The smallest absolute Gasteiger partial charge is 0.334 e. The molecule has 0 spiro atoms. The van der Waals surface area contributed by atoms with Gasteiger partial charge in [-0.3, -0.25) is 4.79 Å². The van der Waals surface area contributed by atoms with Crippen molar-refractivity contribution in [2.75, 3.05) is 7.11 Å². The molecule has 0 bridgehead atoms. The number of methoxy groups -OCH3 is 1. The van der Waals surface area contributed by atoms with E-state index in [2.05, 4.69) is 13.2 Å².